The van der Waals surface area contributed by atoms with E-state index in [9.17, 15) is 4.79 Å². The molecule has 0 saturated heterocycles. The van der Waals surface area contributed by atoms with Crippen LogP contribution in [0, 0.1) is 5.92 Å². The Morgan fingerprint density at radius 2 is 1.27 bits per heavy atom. The lowest BCUT2D eigenvalue weighted by atomic mass is 10.0. The number of aromatic nitrogens is 1. The summed E-state index contributed by atoms with van der Waals surface area (Å²) < 4.78 is 13.8. The highest BCUT2D eigenvalue weighted by Crippen LogP contribution is 2.14. The van der Waals surface area contributed by atoms with Gasteiger partial charge in [0.1, 0.15) is 6.54 Å². The van der Waals surface area contributed by atoms with Crippen molar-refractivity contribution in [3.8, 4) is 0 Å². The second-order valence-electron chi connectivity index (χ2n) is 12.0. The first-order valence-electron chi connectivity index (χ1n) is 17.0. The third kappa shape index (κ3) is 24.0. The Labute approximate surface area is 264 Å². The summed E-state index contributed by atoms with van der Waals surface area (Å²) in [6, 6.07) is 4.27. The van der Waals surface area contributed by atoms with Crippen LogP contribution in [-0.4, -0.2) is 39.9 Å². The van der Waals surface area contributed by atoms with Crippen molar-refractivity contribution in [1.82, 2.24) is 0 Å². The minimum absolute atomic E-state index is 0. The van der Waals surface area contributed by atoms with E-state index in [2.05, 4.69) is 61.9 Å². The number of hydrogen-bond donors (Lipinski definition) is 0. The van der Waals surface area contributed by atoms with Gasteiger partial charge in [0.25, 0.3) is 0 Å². The standard InChI is InChI=1S/C35H65N2O3.BrH/c1-5-7-8-9-10-11-12-13-14-15-16-17-18-22-30-39-31-33(23-6-2)32-40-35(38)24-20-19-21-27-37-28-25-34(26-29-37)36(3)4;/h25-26,28-29,33H,5-24,27,30-32H2,1-4H3;1H/q+1;/p-1. The molecule has 1 aromatic rings. The molecule has 0 bridgehead atoms. The van der Waals surface area contributed by atoms with Crippen LogP contribution in [0.2, 0.25) is 0 Å². The van der Waals surface area contributed by atoms with Gasteiger partial charge in [-0.1, -0.05) is 104 Å². The monoisotopic (exact) mass is 640 g/mol. The number of pyridine rings is 1. The van der Waals surface area contributed by atoms with Crippen LogP contribution in [0.1, 0.15) is 142 Å². The van der Waals surface area contributed by atoms with Crippen LogP contribution in [0.5, 0.6) is 0 Å². The third-order valence-corrected chi connectivity index (χ3v) is 7.86. The summed E-state index contributed by atoms with van der Waals surface area (Å²) in [5.41, 5.74) is 1.21. The van der Waals surface area contributed by atoms with Crippen molar-refractivity contribution in [3.05, 3.63) is 24.5 Å². The molecule has 1 rings (SSSR count). The van der Waals surface area contributed by atoms with Crippen LogP contribution >= 0.6 is 0 Å². The minimum Gasteiger partial charge on any atom is -1.00 e. The van der Waals surface area contributed by atoms with E-state index < -0.39 is 0 Å². The Morgan fingerprint density at radius 3 is 1.80 bits per heavy atom. The van der Waals surface area contributed by atoms with E-state index in [0.717, 1.165) is 51.7 Å². The van der Waals surface area contributed by atoms with Gasteiger partial charge in [0.15, 0.2) is 12.4 Å². The number of hydrogen-bond acceptors (Lipinski definition) is 4. The highest BCUT2D eigenvalue weighted by atomic mass is 79.9. The molecule has 0 aliphatic heterocycles. The van der Waals surface area contributed by atoms with Crippen LogP contribution in [-0.2, 0) is 20.8 Å². The Morgan fingerprint density at radius 1 is 0.732 bits per heavy atom. The molecule has 5 nitrogen and oxygen atoms in total. The van der Waals surface area contributed by atoms with Crippen molar-refractivity contribution in [1.29, 1.82) is 0 Å². The number of anilines is 1. The molecule has 1 aromatic heterocycles. The normalized spacial score (nSPS) is 11.7. The van der Waals surface area contributed by atoms with E-state index in [4.69, 9.17) is 9.47 Å². The number of carbonyl (C=O) groups excluding carboxylic acids is 1. The van der Waals surface area contributed by atoms with Crippen LogP contribution < -0.4 is 26.4 Å². The summed E-state index contributed by atoms with van der Waals surface area (Å²) in [5.74, 6) is 0.262. The number of unbranched alkanes of at least 4 members (excludes halogenated alkanes) is 15. The van der Waals surface area contributed by atoms with Crippen molar-refractivity contribution >= 4 is 11.7 Å². The maximum absolute atomic E-state index is 12.2. The van der Waals surface area contributed by atoms with Gasteiger partial charge in [-0.3, -0.25) is 4.79 Å². The molecule has 0 aliphatic rings. The average Bonchev–Trinajstić information content (AvgIpc) is 2.95. The molecule has 0 aromatic carbocycles. The molecule has 6 heteroatoms. The molecule has 0 fully saturated rings. The van der Waals surface area contributed by atoms with Gasteiger partial charge in [-0.2, -0.15) is 0 Å². The quantitative estimate of drug-likeness (QED) is 0.0634. The van der Waals surface area contributed by atoms with Gasteiger partial charge in [-0.25, -0.2) is 4.57 Å². The van der Waals surface area contributed by atoms with E-state index in [1.54, 1.807) is 0 Å². The van der Waals surface area contributed by atoms with E-state index in [0.29, 0.717) is 25.6 Å². The first-order valence-corrected chi connectivity index (χ1v) is 17.0. The lowest BCUT2D eigenvalue weighted by Crippen LogP contribution is -3.00. The van der Waals surface area contributed by atoms with Crippen molar-refractivity contribution in [2.24, 2.45) is 5.92 Å². The SMILES string of the molecule is CCCCCCCCCCCCCCCCOCC(CCC)COC(=O)CCCCC[n+]1ccc(N(C)C)cc1.[Br-]. The molecule has 41 heavy (non-hydrogen) atoms. The maximum Gasteiger partial charge on any atom is 0.305 e. The summed E-state index contributed by atoms with van der Waals surface area (Å²) in [6.45, 7) is 7.51. The number of aryl methyl sites for hydroxylation is 1. The molecule has 240 valence electrons. The molecular weight excluding hydrogens is 576 g/mol. The summed E-state index contributed by atoms with van der Waals surface area (Å²) in [5, 5.41) is 0. The predicted octanol–water partition coefficient (Wildman–Crippen LogP) is 6.06. The molecule has 1 heterocycles. The zero-order valence-electron chi connectivity index (χ0n) is 27.4. The first-order chi connectivity index (χ1) is 19.6. The number of carbonyl (C=O) groups is 1. The van der Waals surface area contributed by atoms with Gasteiger partial charge in [0, 0.05) is 57.3 Å². The molecule has 0 aliphatic carbocycles. The molecular formula is C35H65BrN2O3. The van der Waals surface area contributed by atoms with Gasteiger partial charge in [0.2, 0.25) is 0 Å². The number of ether oxygens (including phenoxy) is 2. The lowest BCUT2D eigenvalue weighted by molar-refractivity contribution is -0.697. The van der Waals surface area contributed by atoms with Crippen LogP contribution in [0.3, 0.4) is 0 Å². The molecule has 1 unspecified atom stereocenters. The number of halogens is 1. The number of rotatable bonds is 28. The summed E-state index contributed by atoms with van der Waals surface area (Å²) in [6.07, 6.45) is 29.2. The predicted molar refractivity (Wildman–Crippen MR) is 170 cm³/mol. The average molecular weight is 642 g/mol. The molecule has 0 N–H and O–H groups in total. The van der Waals surface area contributed by atoms with Crippen LogP contribution in [0.4, 0.5) is 5.69 Å². The number of esters is 1. The smallest absolute Gasteiger partial charge is 0.305 e. The maximum atomic E-state index is 12.2. The van der Waals surface area contributed by atoms with E-state index in [-0.39, 0.29) is 23.0 Å². The third-order valence-electron chi connectivity index (χ3n) is 7.86. The first kappa shape index (κ1) is 39.9. The zero-order chi connectivity index (χ0) is 29.1. The van der Waals surface area contributed by atoms with Crippen molar-refractivity contribution < 1.29 is 35.8 Å². The van der Waals surface area contributed by atoms with Crippen molar-refractivity contribution in [3.63, 3.8) is 0 Å². The Hall–Kier alpha value is -1.14. The van der Waals surface area contributed by atoms with Crippen LogP contribution in [0.15, 0.2) is 24.5 Å². The van der Waals surface area contributed by atoms with Gasteiger partial charge in [-0.05, 0) is 25.7 Å². The topological polar surface area (TPSA) is 42.7 Å². The Bertz CT molecular complexity index is 699. The van der Waals surface area contributed by atoms with E-state index in [1.807, 2.05) is 0 Å². The summed E-state index contributed by atoms with van der Waals surface area (Å²) in [4.78, 5) is 14.3. The molecule has 0 amide bonds. The number of nitrogens with zero attached hydrogens (tertiary/aromatic N) is 2. The molecule has 0 spiro atoms. The van der Waals surface area contributed by atoms with E-state index >= 15 is 0 Å². The largest absolute Gasteiger partial charge is 1.00 e. The fourth-order valence-electron chi connectivity index (χ4n) is 5.19. The van der Waals surface area contributed by atoms with Crippen LogP contribution in [0.25, 0.3) is 0 Å². The Balaban J connectivity index is 0.0000160. The summed E-state index contributed by atoms with van der Waals surface area (Å²) >= 11 is 0. The van der Waals surface area contributed by atoms with Gasteiger partial charge in [0.05, 0.1) is 13.2 Å². The highest BCUT2D eigenvalue weighted by Gasteiger charge is 2.12. The summed E-state index contributed by atoms with van der Waals surface area (Å²) in [7, 11) is 4.11. The second kappa shape index (κ2) is 29.0. The molecule has 0 saturated carbocycles. The van der Waals surface area contributed by atoms with Crippen molar-refractivity contribution in [2.75, 3.05) is 38.8 Å². The Kier molecular flexibility index (Phi) is 28.2. The lowest BCUT2D eigenvalue weighted by Gasteiger charge is -2.16. The second-order valence-corrected chi connectivity index (χ2v) is 12.0. The van der Waals surface area contributed by atoms with Crippen molar-refractivity contribution in [2.45, 2.75) is 149 Å². The van der Waals surface area contributed by atoms with E-state index in [1.165, 1.54) is 89.2 Å². The fraction of sp³-hybridized carbons (Fsp3) is 0.829. The van der Waals surface area contributed by atoms with Gasteiger partial charge >= 0.3 is 5.97 Å². The van der Waals surface area contributed by atoms with Gasteiger partial charge in [-0.15, -0.1) is 0 Å². The zero-order valence-corrected chi connectivity index (χ0v) is 28.9. The molecule has 1 atom stereocenters. The molecule has 0 radical (unpaired) electrons. The van der Waals surface area contributed by atoms with Gasteiger partial charge < -0.3 is 31.4 Å². The highest BCUT2D eigenvalue weighted by molar-refractivity contribution is 5.69. The minimum atomic E-state index is -0.0592. The fourth-order valence-corrected chi connectivity index (χ4v) is 5.19.